The Kier molecular flexibility index (Phi) is 5.10. The lowest BCUT2D eigenvalue weighted by atomic mass is 10.3. The molecule has 0 aliphatic carbocycles. The number of thiophene rings is 1. The van der Waals surface area contributed by atoms with Gasteiger partial charge in [-0.05, 0) is 6.42 Å². The van der Waals surface area contributed by atoms with Crippen LogP contribution in [0.25, 0.3) is 0 Å². The van der Waals surface area contributed by atoms with Gasteiger partial charge in [-0.1, -0.05) is 11.6 Å². The normalized spacial score (nSPS) is 11.1. The van der Waals surface area contributed by atoms with E-state index in [1.165, 1.54) is 0 Å². The first-order chi connectivity index (χ1) is 8.38. The number of halogens is 1. The van der Waals surface area contributed by atoms with Crippen molar-refractivity contribution in [2.24, 2.45) is 0 Å². The Bertz CT molecular complexity index is 588. The number of nitrogens with zero attached hydrogens (tertiary/aromatic N) is 1. The Hall–Kier alpha value is -1.14. The number of unbranched alkanes of at least 4 members (excludes halogenated alkanes) is 1. The minimum atomic E-state index is -3.76. The molecule has 0 aliphatic heterocycles. The molecule has 0 saturated carbocycles. The van der Waals surface area contributed by atoms with E-state index in [1.807, 2.05) is 0 Å². The van der Waals surface area contributed by atoms with Gasteiger partial charge in [-0.3, -0.25) is 10.1 Å². The van der Waals surface area contributed by atoms with Gasteiger partial charge in [0.15, 0.2) is 4.34 Å². The van der Waals surface area contributed by atoms with Gasteiger partial charge in [0.1, 0.15) is 4.21 Å². The molecular formula is C9H9ClN2O4S2. The highest BCUT2D eigenvalue weighted by molar-refractivity contribution is 7.91. The maximum Gasteiger partial charge on any atom is 0.300 e. The summed E-state index contributed by atoms with van der Waals surface area (Å²) in [4.78, 5) is 9.83. The molecule has 1 aromatic rings. The predicted octanol–water partition coefficient (Wildman–Crippen LogP) is 2.00. The van der Waals surface area contributed by atoms with Crippen molar-refractivity contribution in [3.8, 4) is 12.3 Å². The first-order valence-electron chi connectivity index (χ1n) is 4.75. The highest BCUT2D eigenvalue weighted by Gasteiger charge is 2.24. The van der Waals surface area contributed by atoms with Crippen LogP contribution in [-0.2, 0) is 10.0 Å². The van der Waals surface area contributed by atoms with Crippen molar-refractivity contribution in [2.75, 3.05) is 6.54 Å². The van der Waals surface area contributed by atoms with Crippen molar-refractivity contribution in [1.82, 2.24) is 4.72 Å². The van der Waals surface area contributed by atoms with Crippen LogP contribution in [-0.4, -0.2) is 19.9 Å². The number of nitrogens with one attached hydrogen (secondary N) is 1. The van der Waals surface area contributed by atoms with E-state index in [0.717, 1.165) is 6.07 Å². The highest BCUT2D eigenvalue weighted by Crippen LogP contribution is 2.35. The molecule has 1 heterocycles. The van der Waals surface area contributed by atoms with Gasteiger partial charge in [0, 0.05) is 19.0 Å². The fourth-order valence-corrected chi connectivity index (χ4v) is 3.85. The van der Waals surface area contributed by atoms with Crippen LogP contribution in [0, 0.1) is 22.5 Å². The van der Waals surface area contributed by atoms with Crippen LogP contribution in [0.1, 0.15) is 12.8 Å². The molecule has 18 heavy (non-hydrogen) atoms. The molecule has 0 saturated heterocycles. The van der Waals surface area contributed by atoms with Crippen LogP contribution >= 0.6 is 22.9 Å². The first kappa shape index (κ1) is 14.9. The topological polar surface area (TPSA) is 89.3 Å². The summed E-state index contributed by atoms with van der Waals surface area (Å²) in [6, 6.07) is 0.941. The summed E-state index contributed by atoms with van der Waals surface area (Å²) < 4.78 is 25.5. The number of hydrogen-bond donors (Lipinski definition) is 1. The van der Waals surface area contributed by atoms with E-state index in [-0.39, 0.29) is 15.1 Å². The minimum absolute atomic E-state index is 0.163. The molecular weight excluding hydrogens is 300 g/mol. The Morgan fingerprint density at radius 3 is 2.78 bits per heavy atom. The van der Waals surface area contributed by atoms with Crippen LogP contribution in [0.2, 0.25) is 4.34 Å². The summed E-state index contributed by atoms with van der Waals surface area (Å²) in [5, 5.41) is 10.6. The summed E-state index contributed by atoms with van der Waals surface area (Å²) in [7, 11) is -3.76. The third kappa shape index (κ3) is 3.68. The first-order valence-corrected chi connectivity index (χ1v) is 7.43. The number of hydrogen-bond acceptors (Lipinski definition) is 5. The van der Waals surface area contributed by atoms with E-state index < -0.39 is 20.6 Å². The standard InChI is InChI=1S/C9H9ClN2O4S2/c1-2-3-4-5-11-18(15,16)8-6-7(12(13)14)9(10)17-8/h1,6,11H,3-5H2. The minimum Gasteiger partial charge on any atom is -0.258 e. The molecule has 98 valence electrons. The van der Waals surface area contributed by atoms with Gasteiger partial charge in [-0.2, -0.15) is 0 Å². The van der Waals surface area contributed by atoms with Gasteiger partial charge >= 0.3 is 0 Å². The molecule has 0 atom stereocenters. The van der Waals surface area contributed by atoms with Crippen molar-refractivity contribution >= 4 is 38.6 Å². The molecule has 1 aromatic heterocycles. The molecule has 0 aromatic carbocycles. The maximum atomic E-state index is 11.7. The smallest absolute Gasteiger partial charge is 0.258 e. The molecule has 6 nitrogen and oxygen atoms in total. The van der Waals surface area contributed by atoms with Gasteiger partial charge in [0.25, 0.3) is 5.69 Å². The Labute approximate surface area is 113 Å². The van der Waals surface area contributed by atoms with Crippen molar-refractivity contribution in [1.29, 1.82) is 0 Å². The SMILES string of the molecule is C#CCCCNS(=O)(=O)c1cc([N+](=O)[O-])c(Cl)s1. The Morgan fingerprint density at radius 1 is 1.61 bits per heavy atom. The summed E-state index contributed by atoms with van der Waals surface area (Å²) in [5.41, 5.74) is -0.411. The third-order valence-electron chi connectivity index (χ3n) is 1.90. The van der Waals surface area contributed by atoms with E-state index in [0.29, 0.717) is 24.2 Å². The molecule has 0 spiro atoms. The van der Waals surface area contributed by atoms with Crippen LogP contribution in [0.3, 0.4) is 0 Å². The summed E-state index contributed by atoms with van der Waals surface area (Å²) in [6.07, 6.45) is 5.98. The highest BCUT2D eigenvalue weighted by atomic mass is 35.5. The molecule has 0 fully saturated rings. The predicted molar refractivity (Wildman–Crippen MR) is 69.2 cm³/mol. The van der Waals surface area contributed by atoms with Crippen LogP contribution in [0.4, 0.5) is 5.69 Å². The van der Waals surface area contributed by atoms with E-state index in [2.05, 4.69) is 10.6 Å². The van der Waals surface area contributed by atoms with Crippen LogP contribution < -0.4 is 4.72 Å². The van der Waals surface area contributed by atoms with E-state index >= 15 is 0 Å². The van der Waals surface area contributed by atoms with Crippen molar-refractivity contribution in [3.63, 3.8) is 0 Å². The third-order valence-corrected chi connectivity index (χ3v) is 5.17. The zero-order valence-electron chi connectivity index (χ0n) is 9.05. The second-order valence-corrected chi connectivity index (χ2v) is 6.84. The van der Waals surface area contributed by atoms with E-state index in [4.69, 9.17) is 18.0 Å². The quantitative estimate of drug-likeness (QED) is 0.377. The van der Waals surface area contributed by atoms with Crippen LogP contribution in [0.5, 0.6) is 0 Å². The van der Waals surface area contributed by atoms with Gasteiger partial charge in [0.05, 0.1) is 4.92 Å². The molecule has 0 aliphatic rings. The monoisotopic (exact) mass is 308 g/mol. The summed E-state index contributed by atoms with van der Waals surface area (Å²) in [6.45, 7) is 0.176. The van der Waals surface area contributed by atoms with Gasteiger partial charge < -0.3 is 0 Å². The second kappa shape index (κ2) is 6.15. The van der Waals surface area contributed by atoms with Gasteiger partial charge in [-0.15, -0.1) is 23.7 Å². The average Bonchev–Trinajstić information content (AvgIpc) is 2.68. The van der Waals surface area contributed by atoms with Crippen molar-refractivity contribution in [2.45, 2.75) is 17.1 Å². The zero-order valence-corrected chi connectivity index (χ0v) is 11.4. The fraction of sp³-hybridized carbons (Fsp3) is 0.333. The lowest BCUT2D eigenvalue weighted by molar-refractivity contribution is -0.384. The number of sulfonamides is 1. The lowest BCUT2D eigenvalue weighted by Crippen LogP contribution is -2.23. The molecule has 1 rings (SSSR count). The van der Waals surface area contributed by atoms with Gasteiger partial charge in [-0.25, -0.2) is 13.1 Å². The number of terminal acetylenes is 1. The molecule has 9 heteroatoms. The van der Waals surface area contributed by atoms with Crippen molar-refractivity contribution < 1.29 is 13.3 Å². The maximum absolute atomic E-state index is 11.7. The zero-order chi connectivity index (χ0) is 13.8. The summed E-state index contributed by atoms with van der Waals surface area (Å²) in [5.74, 6) is 2.38. The number of rotatable bonds is 6. The largest absolute Gasteiger partial charge is 0.300 e. The molecule has 0 radical (unpaired) electrons. The number of nitro groups is 1. The molecule has 1 N–H and O–H groups in total. The Balaban J connectivity index is 2.83. The van der Waals surface area contributed by atoms with E-state index in [1.54, 1.807) is 0 Å². The lowest BCUT2D eigenvalue weighted by Gasteiger charge is -2.02. The van der Waals surface area contributed by atoms with Gasteiger partial charge in [0.2, 0.25) is 10.0 Å². The average molecular weight is 309 g/mol. The molecule has 0 bridgehead atoms. The molecule has 0 unspecified atom stereocenters. The van der Waals surface area contributed by atoms with Crippen molar-refractivity contribution in [3.05, 3.63) is 20.5 Å². The second-order valence-electron chi connectivity index (χ2n) is 3.19. The summed E-state index contributed by atoms with van der Waals surface area (Å²) >= 11 is 6.23. The van der Waals surface area contributed by atoms with Crippen LogP contribution in [0.15, 0.2) is 10.3 Å². The molecule has 0 amide bonds. The Morgan fingerprint density at radius 2 is 2.28 bits per heavy atom. The van der Waals surface area contributed by atoms with E-state index in [9.17, 15) is 18.5 Å². The fourth-order valence-electron chi connectivity index (χ4n) is 1.06.